The van der Waals surface area contributed by atoms with Gasteiger partial charge >= 0.3 is 0 Å². The van der Waals surface area contributed by atoms with Gasteiger partial charge in [-0.3, -0.25) is 4.90 Å². The predicted octanol–water partition coefficient (Wildman–Crippen LogP) is 3.72. The van der Waals surface area contributed by atoms with Gasteiger partial charge in [-0.05, 0) is 57.2 Å². The lowest BCUT2D eigenvalue weighted by atomic mass is 10.2. The minimum absolute atomic E-state index is 0.310. The number of anilines is 1. The fourth-order valence-corrected chi connectivity index (χ4v) is 5.18. The van der Waals surface area contributed by atoms with Gasteiger partial charge in [-0.1, -0.05) is 17.7 Å². The summed E-state index contributed by atoms with van der Waals surface area (Å²) in [6, 6.07) is 15.5. The van der Waals surface area contributed by atoms with Gasteiger partial charge in [-0.2, -0.15) is 0 Å². The molecular formula is C22H27N3O2S. The molecular weight excluding hydrogens is 370 g/mol. The van der Waals surface area contributed by atoms with Crippen LogP contribution in [0.1, 0.15) is 19.4 Å². The van der Waals surface area contributed by atoms with E-state index < -0.39 is 10.0 Å². The van der Waals surface area contributed by atoms with Crippen molar-refractivity contribution in [2.75, 3.05) is 31.1 Å². The van der Waals surface area contributed by atoms with E-state index in [1.54, 1.807) is 18.3 Å². The standard InChI is InChI=1S/C22H27N3O2S/c1-17(2)23-12-14-24(15-13-23)20-6-9-22-19(16-20)10-11-25(22)28(26,27)21-7-4-18(3)5-8-21/h4-11,16-17H,12-15H2,1-3H3. The number of nitrogens with zero attached hydrogens (tertiary/aromatic N) is 3. The van der Waals surface area contributed by atoms with Gasteiger partial charge in [0, 0.05) is 49.5 Å². The van der Waals surface area contributed by atoms with Gasteiger partial charge in [0.25, 0.3) is 10.0 Å². The Bertz CT molecular complexity index is 1080. The molecule has 0 amide bonds. The summed E-state index contributed by atoms with van der Waals surface area (Å²) in [5.74, 6) is 0. The molecule has 0 unspecified atom stereocenters. The van der Waals surface area contributed by atoms with E-state index in [4.69, 9.17) is 0 Å². The third-order valence-corrected chi connectivity index (χ3v) is 7.33. The molecule has 28 heavy (non-hydrogen) atoms. The number of piperazine rings is 1. The number of hydrogen-bond donors (Lipinski definition) is 0. The third-order valence-electron chi connectivity index (χ3n) is 5.63. The molecule has 1 aliphatic heterocycles. The maximum atomic E-state index is 13.1. The average Bonchev–Trinajstić information content (AvgIpc) is 3.12. The van der Waals surface area contributed by atoms with Crippen molar-refractivity contribution in [1.82, 2.24) is 8.87 Å². The zero-order valence-electron chi connectivity index (χ0n) is 16.7. The largest absolute Gasteiger partial charge is 0.369 e. The summed E-state index contributed by atoms with van der Waals surface area (Å²) < 4.78 is 27.5. The Labute approximate surface area is 167 Å². The second-order valence-electron chi connectivity index (χ2n) is 7.79. The Morgan fingerprint density at radius 1 is 0.893 bits per heavy atom. The highest BCUT2D eigenvalue weighted by Crippen LogP contribution is 2.27. The van der Waals surface area contributed by atoms with Crippen molar-refractivity contribution < 1.29 is 8.42 Å². The van der Waals surface area contributed by atoms with Gasteiger partial charge < -0.3 is 4.90 Å². The summed E-state index contributed by atoms with van der Waals surface area (Å²) in [4.78, 5) is 5.17. The summed E-state index contributed by atoms with van der Waals surface area (Å²) in [6.07, 6.45) is 1.65. The lowest BCUT2D eigenvalue weighted by Gasteiger charge is -2.38. The highest BCUT2D eigenvalue weighted by molar-refractivity contribution is 7.90. The first kappa shape index (κ1) is 19.0. The van der Waals surface area contributed by atoms with E-state index >= 15 is 0 Å². The molecule has 3 aromatic rings. The van der Waals surface area contributed by atoms with Crippen molar-refractivity contribution in [2.45, 2.75) is 31.7 Å². The fourth-order valence-electron chi connectivity index (χ4n) is 3.83. The summed E-state index contributed by atoms with van der Waals surface area (Å²) >= 11 is 0. The van der Waals surface area contributed by atoms with Crippen LogP contribution < -0.4 is 4.90 Å². The second kappa shape index (κ2) is 7.26. The molecule has 0 atom stereocenters. The Balaban J connectivity index is 1.63. The van der Waals surface area contributed by atoms with Crippen molar-refractivity contribution in [3.63, 3.8) is 0 Å². The van der Waals surface area contributed by atoms with Crippen molar-refractivity contribution in [1.29, 1.82) is 0 Å². The van der Waals surface area contributed by atoms with Crippen LogP contribution in [0.3, 0.4) is 0 Å². The summed E-state index contributed by atoms with van der Waals surface area (Å²) in [7, 11) is -3.60. The van der Waals surface area contributed by atoms with Crippen LogP contribution in [0.5, 0.6) is 0 Å². The van der Waals surface area contributed by atoms with Gasteiger partial charge in [0.1, 0.15) is 0 Å². The first-order valence-corrected chi connectivity index (χ1v) is 11.2. The van der Waals surface area contributed by atoms with E-state index in [0.29, 0.717) is 16.5 Å². The van der Waals surface area contributed by atoms with E-state index in [0.717, 1.165) is 42.8 Å². The molecule has 148 valence electrons. The minimum Gasteiger partial charge on any atom is -0.369 e. The maximum Gasteiger partial charge on any atom is 0.268 e. The summed E-state index contributed by atoms with van der Waals surface area (Å²) in [5.41, 5.74) is 2.91. The molecule has 1 aliphatic rings. The van der Waals surface area contributed by atoms with Gasteiger partial charge in [-0.15, -0.1) is 0 Å². The first-order chi connectivity index (χ1) is 13.4. The highest BCUT2D eigenvalue weighted by atomic mass is 32.2. The van der Waals surface area contributed by atoms with Crippen LogP contribution in [0.25, 0.3) is 10.9 Å². The number of rotatable bonds is 4. The normalized spacial score (nSPS) is 16.2. The summed E-state index contributed by atoms with van der Waals surface area (Å²) in [6.45, 7) is 10.5. The molecule has 0 N–H and O–H groups in total. The van der Waals surface area contributed by atoms with E-state index in [2.05, 4.69) is 29.7 Å². The first-order valence-electron chi connectivity index (χ1n) is 9.78. The van der Waals surface area contributed by atoms with Crippen LogP contribution in [-0.4, -0.2) is 49.5 Å². The van der Waals surface area contributed by atoms with Crippen LogP contribution >= 0.6 is 0 Å². The number of aryl methyl sites for hydroxylation is 1. The maximum absolute atomic E-state index is 13.1. The smallest absolute Gasteiger partial charge is 0.268 e. The van der Waals surface area contributed by atoms with Gasteiger partial charge in [0.05, 0.1) is 10.4 Å². The highest BCUT2D eigenvalue weighted by Gasteiger charge is 2.21. The molecule has 0 saturated carbocycles. The van der Waals surface area contributed by atoms with Crippen molar-refractivity contribution in [3.05, 3.63) is 60.3 Å². The molecule has 1 saturated heterocycles. The third kappa shape index (κ3) is 3.42. The van der Waals surface area contributed by atoms with Gasteiger partial charge in [-0.25, -0.2) is 12.4 Å². The van der Waals surface area contributed by atoms with Crippen molar-refractivity contribution >= 4 is 26.6 Å². The number of fused-ring (bicyclic) bond motifs is 1. The molecule has 4 rings (SSSR count). The minimum atomic E-state index is -3.60. The van der Waals surface area contributed by atoms with Crippen LogP contribution in [0.15, 0.2) is 59.6 Å². The van der Waals surface area contributed by atoms with Crippen molar-refractivity contribution in [3.8, 4) is 0 Å². The van der Waals surface area contributed by atoms with Crippen LogP contribution in [-0.2, 0) is 10.0 Å². The summed E-state index contributed by atoms with van der Waals surface area (Å²) in [5, 5.41) is 0.944. The molecule has 0 bridgehead atoms. The molecule has 6 heteroatoms. The molecule has 1 fully saturated rings. The van der Waals surface area contributed by atoms with Gasteiger partial charge in [0.15, 0.2) is 0 Å². The zero-order valence-corrected chi connectivity index (χ0v) is 17.5. The van der Waals surface area contributed by atoms with E-state index in [1.807, 2.05) is 37.3 Å². The predicted molar refractivity (Wildman–Crippen MR) is 115 cm³/mol. The number of aromatic nitrogens is 1. The Morgan fingerprint density at radius 2 is 1.57 bits per heavy atom. The van der Waals surface area contributed by atoms with Crippen LogP contribution in [0, 0.1) is 6.92 Å². The van der Waals surface area contributed by atoms with Crippen LogP contribution in [0.4, 0.5) is 5.69 Å². The van der Waals surface area contributed by atoms with Crippen molar-refractivity contribution in [2.24, 2.45) is 0 Å². The van der Waals surface area contributed by atoms with E-state index in [1.165, 1.54) is 3.97 Å². The molecule has 0 radical (unpaired) electrons. The van der Waals surface area contributed by atoms with E-state index in [-0.39, 0.29) is 0 Å². The number of hydrogen-bond acceptors (Lipinski definition) is 4. The topological polar surface area (TPSA) is 45.6 Å². The second-order valence-corrected chi connectivity index (χ2v) is 9.60. The molecule has 2 heterocycles. The lowest BCUT2D eigenvalue weighted by molar-refractivity contribution is 0.209. The Hall–Kier alpha value is -2.31. The fraction of sp³-hybridized carbons (Fsp3) is 0.364. The lowest BCUT2D eigenvalue weighted by Crippen LogP contribution is -2.48. The molecule has 0 aliphatic carbocycles. The monoisotopic (exact) mass is 397 g/mol. The Morgan fingerprint density at radius 3 is 2.21 bits per heavy atom. The number of benzene rings is 2. The average molecular weight is 398 g/mol. The quantitative estimate of drug-likeness (QED) is 0.673. The van der Waals surface area contributed by atoms with Crippen LogP contribution in [0.2, 0.25) is 0 Å². The zero-order chi connectivity index (χ0) is 19.9. The molecule has 5 nitrogen and oxygen atoms in total. The molecule has 1 aromatic heterocycles. The van der Waals surface area contributed by atoms with E-state index in [9.17, 15) is 8.42 Å². The molecule has 2 aromatic carbocycles. The Kier molecular flexibility index (Phi) is 4.93. The van der Waals surface area contributed by atoms with Gasteiger partial charge in [0.2, 0.25) is 0 Å². The molecule has 0 spiro atoms. The SMILES string of the molecule is Cc1ccc(S(=O)(=O)n2ccc3cc(N4CCN(C(C)C)CC4)ccc32)cc1.